The third kappa shape index (κ3) is 2.38. The molecule has 0 amide bonds. The van der Waals surface area contributed by atoms with Gasteiger partial charge in [0.05, 0.1) is 6.33 Å². The molecule has 3 aromatic heterocycles. The molecule has 0 aliphatic rings. The van der Waals surface area contributed by atoms with Gasteiger partial charge < -0.3 is 4.98 Å². The van der Waals surface area contributed by atoms with Crippen LogP contribution in [0.4, 0.5) is 0 Å². The average Bonchev–Trinajstić information content (AvgIpc) is 3.06. The summed E-state index contributed by atoms with van der Waals surface area (Å²) in [5.74, 6) is 1.67. The van der Waals surface area contributed by atoms with E-state index in [2.05, 4.69) is 31.8 Å². The number of hydrogen-bond acceptors (Lipinski definition) is 4. The number of nitrogens with one attached hydrogen (secondary N) is 1. The number of aromatic nitrogens is 6. The number of imidazole rings is 2. The molecule has 104 valence electrons. The first-order chi connectivity index (χ1) is 9.79. The number of hydrogen-bond donors (Lipinski definition) is 1. The molecule has 0 unspecified atom stereocenters. The fourth-order valence-corrected chi connectivity index (χ4v) is 2.37. The van der Waals surface area contributed by atoms with Crippen molar-refractivity contribution in [2.24, 2.45) is 0 Å². The van der Waals surface area contributed by atoms with E-state index in [-0.39, 0.29) is 5.28 Å². The van der Waals surface area contributed by atoms with E-state index in [0.717, 1.165) is 24.2 Å². The zero-order chi connectivity index (χ0) is 13.9. The molecule has 0 aliphatic carbocycles. The molecule has 0 fully saturated rings. The second-order valence-electron chi connectivity index (χ2n) is 4.59. The minimum Gasteiger partial charge on any atom is -0.340 e. The highest BCUT2D eigenvalue weighted by atomic mass is 35.5. The fourth-order valence-electron chi connectivity index (χ4n) is 2.21. The van der Waals surface area contributed by atoms with Gasteiger partial charge in [0, 0.05) is 18.8 Å². The summed E-state index contributed by atoms with van der Waals surface area (Å²) in [6, 6.07) is 0. The molecule has 20 heavy (non-hydrogen) atoms. The summed E-state index contributed by atoms with van der Waals surface area (Å²) < 4.78 is 1.95. The Hall–Kier alpha value is -1.95. The van der Waals surface area contributed by atoms with Crippen molar-refractivity contribution in [1.29, 1.82) is 0 Å². The lowest BCUT2D eigenvalue weighted by molar-refractivity contribution is 0.684. The number of H-pyrrole nitrogens is 1. The first kappa shape index (κ1) is 13.1. The normalized spacial score (nSPS) is 11.3. The Morgan fingerprint density at radius 2 is 2.15 bits per heavy atom. The summed E-state index contributed by atoms with van der Waals surface area (Å²) in [7, 11) is 0. The van der Waals surface area contributed by atoms with E-state index >= 15 is 0 Å². The third-order valence-electron chi connectivity index (χ3n) is 3.19. The van der Waals surface area contributed by atoms with Gasteiger partial charge in [-0.3, -0.25) is 4.57 Å². The van der Waals surface area contributed by atoms with Crippen molar-refractivity contribution >= 4 is 22.8 Å². The van der Waals surface area contributed by atoms with Gasteiger partial charge in [-0.15, -0.1) is 0 Å². The molecule has 0 aliphatic heterocycles. The lowest BCUT2D eigenvalue weighted by Crippen LogP contribution is -2.05. The van der Waals surface area contributed by atoms with E-state index < -0.39 is 0 Å². The standard InChI is InChI=1S/C13H15ClN6/c1-2-3-4-5-9-15-6-7-20(9)12-10-11(17-8-16-10)18-13(14)19-12/h6-8H,2-5H2,1H3,(H,16,17,18,19). The maximum atomic E-state index is 5.97. The van der Waals surface area contributed by atoms with Gasteiger partial charge in [0.2, 0.25) is 5.28 Å². The van der Waals surface area contributed by atoms with Crippen LogP contribution in [-0.4, -0.2) is 29.5 Å². The van der Waals surface area contributed by atoms with Crippen molar-refractivity contribution in [3.8, 4) is 5.82 Å². The number of aryl methyl sites for hydroxylation is 1. The SMILES string of the molecule is CCCCCc1nccn1-c1nc(Cl)nc2nc[nH]c12. The van der Waals surface area contributed by atoms with Crippen molar-refractivity contribution in [2.75, 3.05) is 0 Å². The predicted octanol–water partition coefficient (Wildman–Crippen LogP) is 2.92. The zero-order valence-electron chi connectivity index (χ0n) is 11.2. The molecule has 0 bridgehead atoms. The predicted molar refractivity (Wildman–Crippen MR) is 77.0 cm³/mol. The van der Waals surface area contributed by atoms with E-state index in [4.69, 9.17) is 11.6 Å². The number of rotatable bonds is 5. The Bertz CT molecular complexity index is 717. The van der Waals surface area contributed by atoms with Gasteiger partial charge in [-0.1, -0.05) is 19.8 Å². The Kier molecular flexibility index (Phi) is 3.64. The molecule has 3 rings (SSSR count). The molecule has 0 spiro atoms. The third-order valence-corrected chi connectivity index (χ3v) is 3.36. The first-order valence-electron chi connectivity index (χ1n) is 6.69. The Labute approximate surface area is 121 Å². The van der Waals surface area contributed by atoms with Crippen molar-refractivity contribution < 1.29 is 0 Å². The van der Waals surface area contributed by atoms with Crippen LogP contribution < -0.4 is 0 Å². The molecular formula is C13H15ClN6. The van der Waals surface area contributed by atoms with E-state index in [1.807, 2.05) is 10.8 Å². The first-order valence-corrected chi connectivity index (χ1v) is 7.06. The maximum Gasteiger partial charge on any atom is 0.226 e. The summed E-state index contributed by atoms with van der Waals surface area (Å²) in [6.07, 6.45) is 9.66. The molecule has 6 nitrogen and oxygen atoms in total. The van der Waals surface area contributed by atoms with E-state index in [1.54, 1.807) is 12.5 Å². The molecule has 0 saturated carbocycles. The molecule has 0 saturated heterocycles. The van der Waals surface area contributed by atoms with Crippen molar-refractivity contribution in [2.45, 2.75) is 32.6 Å². The summed E-state index contributed by atoms with van der Waals surface area (Å²) in [5.41, 5.74) is 1.33. The van der Waals surface area contributed by atoms with Crippen LogP contribution >= 0.6 is 11.6 Å². The molecular weight excluding hydrogens is 276 g/mol. The van der Waals surface area contributed by atoms with Crippen molar-refractivity contribution in [1.82, 2.24) is 29.5 Å². The van der Waals surface area contributed by atoms with Gasteiger partial charge >= 0.3 is 0 Å². The minimum atomic E-state index is 0.188. The molecule has 0 radical (unpaired) electrons. The Morgan fingerprint density at radius 1 is 1.25 bits per heavy atom. The molecule has 0 atom stereocenters. The number of unbranched alkanes of at least 4 members (excludes halogenated alkanes) is 2. The van der Waals surface area contributed by atoms with Crippen LogP contribution in [0.25, 0.3) is 17.0 Å². The molecule has 1 N–H and O–H groups in total. The number of nitrogens with zero attached hydrogens (tertiary/aromatic N) is 5. The van der Waals surface area contributed by atoms with Gasteiger partial charge in [-0.05, 0) is 18.0 Å². The van der Waals surface area contributed by atoms with Crippen LogP contribution in [0.5, 0.6) is 0 Å². The lowest BCUT2D eigenvalue weighted by Gasteiger charge is -2.07. The van der Waals surface area contributed by atoms with Crippen molar-refractivity contribution in [3.05, 3.63) is 29.8 Å². The molecule has 3 aromatic rings. The lowest BCUT2D eigenvalue weighted by atomic mass is 10.2. The monoisotopic (exact) mass is 290 g/mol. The van der Waals surface area contributed by atoms with Crippen LogP contribution in [0, 0.1) is 0 Å². The second kappa shape index (κ2) is 5.58. The molecule has 3 heterocycles. The van der Waals surface area contributed by atoms with E-state index in [9.17, 15) is 0 Å². The highest BCUT2D eigenvalue weighted by Gasteiger charge is 2.13. The fraction of sp³-hybridized carbons (Fsp3) is 0.385. The Balaban J connectivity index is 2.02. The smallest absolute Gasteiger partial charge is 0.226 e. The van der Waals surface area contributed by atoms with E-state index in [0.29, 0.717) is 11.5 Å². The van der Waals surface area contributed by atoms with Gasteiger partial charge in [-0.25, -0.2) is 9.97 Å². The average molecular weight is 291 g/mol. The van der Waals surface area contributed by atoms with Gasteiger partial charge in [0.1, 0.15) is 11.3 Å². The summed E-state index contributed by atoms with van der Waals surface area (Å²) in [5, 5.41) is 0.188. The highest BCUT2D eigenvalue weighted by molar-refractivity contribution is 6.28. The topological polar surface area (TPSA) is 72.3 Å². The van der Waals surface area contributed by atoms with Crippen LogP contribution in [0.2, 0.25) is 5.28 Å². The maximum absolute atomic E-state index is 5.97. The molecule has 7 heteroatoms. The summed E-state index contributed by atoms with van der Waals surface area (Å²) >= 11 is 5.97. The van der Waals surface area contributed by atoms with Crippen LogP contribution in [0.3, 0.4) is 0 Å². The van der Waals surface area contributed by atoms with Gasteiger partial charge in [-0.2, -0.15) is 9.97 Å². The number of fused-ring (bicyclic) bond motifs is 1. The van der Waals surface area contributed by atoms with Crippen LogP contribution in [0.15, 0.2) is 18.7 Å². The minimum absolute atomic E-state index is 0.188. The second-order valence-corrected chi connectivity index (χ2v) is 4.93. The number of halogens is 1. The largest absolute Gasteiger partial charge is 0.340 e. The molecule has 0 aromatic carbocycles. The Morgan fingerprint density at radius 3 is 3.00 bits per heavy atom. The highest BCUT2D eigenvalue weighted by Crippen LogP contribution is 2.20. The number of aromatic amines is 1. The summed E-state index contributed by atoms with van der Waals surface area (Å²) in [6.45, 7) is 2.19. The quantitative estimate of drug-likeness (QED) is 0.579. The summed E-state index contributed by atoms with van der Waals surface area (Å²) in [4.78, 5) is 20.0. The van der Waals surface area contributed by atoms with E-state index in [1.165, 1.54) is 12.8 Å². The van der Waals surface area contributed by atoms with Crippen LogP contribution in [0.1, 0.15) is 32.0 Å². The van der Waals surface area contributed by atoms with Gasteiger partial charge in [0.15, 0.2) is 11.5 Å². The van der Waals surface area contributed by atoms with Crippen molar-refractivity contribution in [3.63, 3.8) is 0 Å². The van der Waals surface area contributed by atoms with Crippen LogP contribution in [-0.2, 0) is 6.42 Å². The van der Waals surface area contributed by atoms with Gasteiger partial charge in [0.25, 0.3) is 0 Å². The zero-order valence-corrected chi connectivity index (χ0v) is 11.9.